The average Bonchev–Trinajstić information content (AvgIpc) is 2.21. The van der Waals surface area contributed by atoms with Crippen LogP contribution < -0.4 is 0 Å². The molecule has 0 amide bonds. The molecule has 0 spiro atoms. The van der Waals surface area contributed by atoms with Crippen molar-refractivity contribution < 1.29 is 12.8 Å². The first kappa shape index (κ1) is 11.7. The molecular formula is C9H6IMnN. The van der Waals surface area contributed by atoms with E-state index >= 15 is 0 Å². The summed E-state index contributed by atoms with van der Waals surface area (Å²) in [6.07, 6.45) is 1.50. The fourth-order valence-electron chi connectivity index (χ4n) is 0.669. The van der Waals surface area contributed by atoms with E-state index in [-0.39, 0.29) is 0 Å². The molecule has 0 N–H and O–H groups in total. The summed E-state index contributed by atoms with van der Waals surface area (Å²) in [7, 11) is 0. The summed E-state index contributed by atoms with van der Waals surface area (Å²) in [6.45, 7) is 5.23. The van der Waals surface area contributed by atoms with Gasteiger partial charge in [0.05, 0.1) is 6.07 Å². The Morgan fingerprint density at radius 2 is 1.83 bits per heavy atom. The zero-order valence-corrected chi connectivity index (χ0v) is 9.51. The van der Waals surface area contributed by atoms with E-state index in [2.05, 4.69) is 12.8 Å². The molecule has 0 fully saturated rings. The number of nitrogens with zero attached hydrogens (tertiary/aromatic N) is 1. The monoisotopic (exact) mass is 310 g/mol. The number of hydrogen-bond acceptors (Lipinski definition) is 1. The maximum atomic E-state index is 8.41. The molecule has 0 aliphatic rings. The van der Waals surface area contributed by atoms with Gasteiger partial charge in [0, 0.05) is 5.56 Å². The fraction of sp³-hybridized carbons (Fsp3) is 0. The van der Waals surface area contributed by atoms with Crippen molar-refractivity contribution in [3.63, 3.8) is 0 Å². The van der Waals surface area contributed by atoms with Gasteiger partial charge in [-0.1, -0.05) is 12.1 Å². The molecule has 61 valence electrons. The third-order valence-corrected chi connectivity index (χ3v) is 1.23. The van der Waals surface area contributed by atoms with E-state index in [1.807, 2.05) is 26.4 Å². The summed E-state index contributed by atoms with van der Waals surface area (Å²) in [6, 6.07) is 9.10. The predicted octanol–water partition coefficient (Wildman–Crippen LogP) is 2.89. The molecule has 1 nitrogen and oxygen atoms in total. The van der Waals surface area contributed by atoms with Gasteiger partial charge in [-0.05, 0) is 0 Å². The zero-order valence-electron chi connectivity index (χ0n) is 6.17. The van der Waals surface area contributed by atoms with Gasteiger partial charge in [-0.2, -0.15) is 10.8 Å². The summed E-state index contributed by atoms with van der Waals surface area (Å²) < 4.78 is 0. The van der Waals surface area contributed by atoms with Crippen LogP contribution in [0.15, 0.2) is 24.3 Å². The van der Waals surface area contributed by atoms with E-state index in [9.17, 15) is 0 Å². The van der Waals surface area contributed by atoms with E-state index in [0.717, 1.165) is 5.56 Å². The number of benzene rings is 1. The van der Waals surface area contributed by atoms with Crippen LogP contribution in [-0.4, -0.2) is 0 Å². The van der Waals surface area contributed by atoms with Crippen LogP contribution in [0, 0.1) is 17.9 Å². The van der Waals surface area contributed by atoms with E-state index < -0.39 is 0 Å². The van der Waals surface area contributed by atoms with E-state index in [4.69, 9.17) is 11.8 Å². The molecule has 1 aromatic carbocycles. The van der Waals surface area contributed by atoms with Gasteiger partial charge in [0.2, 0.25) is 0 Å². The molecular weight excluding hydrogens is 304 g/mol. The Hall–Kier alpha value is -0.301. The molecule has 0 aromatic heterocycles. The van der Waals surface area contributed by atoms with Crippen LogP contribution in [0.3, 0.4) is 0 Å². The summed E-state index contributed by atoms with van der Waals surface area (Å²) in [5.41, 5.74) is 1.59. The van der Waals surface area contributed by atoms with Crippen molar-refractivity contribution in [2.24, 2.45) is 0 Å². The first-order chi connectivity index (χ1) is 5.86. The second-order valence-corrected chi connectivity index (χ2v) is 1.90. The molecule has 12 heavy (non-hydrogen) atoms. The van der Waals surface area contributed by atoms with Crippen molar-refractivity contribution in [3.8, 4) is 6.07 Å². The second-order valence-electron chi connectivity index (χ2n) is 1.90. The Balaban J connectivity index is 0.000000561. The van der Waals surface area contributed by atoms with Crippen molar-refractivity contribution >= 4 is 26.4 Å². The fourth-order valence-corrected chi connectivity index (χ4v) is 0.669. The van der Waals surface area contributed by atoms with Crippen LogP contribution >= 0.6 is 20.3 Å². The van der Waals surface area contributed by atoms with Crippen LogP contribution in [0.5, 0.6) is 0 Å². The van der Waals surface area contributed by atoms with Crippen LogP contribution in [-0.2, 0) is 12.8 Å². The normalized spacial score (nSPS) is 7.33. The molecule has 0 saturated heterocycles. The first-order valence-corrected chi connectivity index (χ1v) is 6.87. The number of rotatable bonds is 1. The Kier molecular flexibility index (Phi) is 7.17. The van der Waals surface area contributed by atoms with Gasteiger partial charge < -0.3 is 0 Å². The molecule has 0 atom stereocenters. The molecule has 0 bridgehead atoms. The topological polar surface area (TPSA) is 23.8 Å². The SMILES string of the molecule is [CH-]=Cc1ccc(C#N)cc1.[Mn+][I]. The van der Waals surface area contributed by atoms with Crippen molar-refractivity contribution in [2.75, 3.05) is 0 Å². The third kappa shape index (κ3) is 3.91. The number of hydrogen-bond donors (Lipinski definition) is 0. The Morgan fingerprint density at radius 3 is 2.17 bits per heavy atom. The second kappa shape index (κ2) is 7.35. The molecule has 0 aliphatic heterocycles. The van der Waals surface area contributed by atoms with Gasteiger partial charge in [-0.15, -0.1) is 12.1 Å². The summed E-state index contributed by atoms with van der Waals surface area (Å²) >= 11 is 4.87. The first-order valence-electron chi connectivity index (χ1n) is 3.06. The molecule has 1 rings (SSSR count). The minimum atomic E-state index is 0.658. The average molecular weight is 310 g/mol. The van der Waals surface area contributed by atoms with Crippen molar-refractivity contribution in [3.05, 3.63) is 42.0 Å². The number of halogens is 1. The Labute approximate surface area is 92.0 Å². The summed E-state index contributed by atoms with van der Waals surface area (Å²) in [5, 5.41) is 8.41. The molecule has 0 saturated carbocycles. The minimum absolute atomic E-state index is 0.658. The van der Waals surface area contributed by atoms with Gasteiger partial charge in [-0.3, -0.25) is 6.58 Å². The maximum absolute atomic E-state index is 8.41. The molecule has 0 aliphatic carbocycles. The predicted molar refractivity (Wildman–Crippen MR) is 53.9 cm³/mol. The zero-order chi connectivity index (χ0) is 9.40. The Morgan fingerprint density at radius 1 is 1.33 bits per heavy atom. The molecule has 0 radical (unpaired) electrons. The van der Waals surface area contributed by atoms with Crippen molar-refractivity contribution in [1.29, 1.82) is 5.26 Å². The van der Waals surface area contributed by atoms with Crippen LogP contribution in [0.4, 0.5) is 0 Å². The van der Waals surface area contributed by atoms with Gasteiger partial charge in [0.1, 0.15) is 0 Å². The summed E-state index contributed by atoms with van der Waals surface area (Å²) in [5.74, 6) is 0. The summed E-state index contributed by atoms with van der Waals surface area (Å²) in [4.78, 5) is 0. The van der Waals surface area contributed by atoms with Gasteiger partial charge >= 0.3 is 33.1 Å². The van der Waals surface area contributed by atoms with Gasteiger partial charge in [0.15, 0.2) is 0 Å². The van der Waals surface area contributed by atoms with E-state index in [0.29, 0.717) is 5.56 Å². The molecule has 3 heteroatoms. The van der Waals surface area contributed by atoms with Gasteiger partial charge in [0.25, 0.3) is 0 Å². The molecule has 0 unspecified atom stereocenters. The van der Waals surface area contributed by atoms with Gasteiger partial charge in [-0.25, -0.2) is 6.08 Å². The molecule has 1 aromatic rings. The van der Waals surface area contributed by atoms with Crippen molar-refractivity contribution in [1.82, 2.24) is 0 Å². The third-order valence-electron chi connectivity index (χ3n) is 1.23. The standard InChI is InChI=1S/C9H6N.HI.Mn/c1-2-8-3-5-9(7-10)6-4-8;;/h1-6H;1H;/q-1;;+2/p-1. The number of nitriles is 1. The molecule has 0 heterocycles. The van der Waals surface area contributed by atoms with Crippen LogP contribution in [0.25, 0.3) is 6.08 Å². The quantitative estimate of drug-likeness (QED) is 0.444. The van der Waals surface area contributed by atoms with Crippen LogP contribution in [0.1, 0.15) is 11.1 Å². The van der Waals surface area contributed by atoms with E-state index in [1.165, 1.54) is 6.08 Å². The van der Waals surface area contributed by atoms with Crippen LogP contribution in [0.2, 0.25) is 0 Å². The Bertz CT molecular complexity index is 274. The van der Waals surface area contributed by atoms with Crippen molar-refractivity contribution in [2.45, 2.75) is 0 Å². The van der Waals surface area contributed by atoms with E-state index in [1.54, 1.807) is 24.3 Å².